The van der Waals surface area contributed by atoms with Crippen molar-refractivity contribution in [3.05, 3.63) is 52.4 Å². The molecule has 0 aliphatic heterocycles. The monoisotopic (exact) mass is 287 g/mol. The molecule has 0 atom stereocenters. The Morgan fingerprint density at radius 3 is 2.70 bits per heavy atom. The summed E-state index contributed by atoms with van der Waals surface area (Å²) < 4.78 is 4.13. The third-order valence-corrected chi connectivity index (χ3v) is 4.33. The summed E-state index contributed by atoms with van der Waals surface area (Å²) in [7, 11) is 1.95. The molecule has 0 fully saturated rings. The van der Waals surface area contributed by atoms with Gasteiger partial charge in [0.05, 0.1) is 28.5 Å². The molecule has 3 aromatic rings. The maximum atomic E-state index is 6.36. The lowest BCUT2D eigenvalue weighted by molar-refractivity contribution is 0.672. The maximum absolute atomic E-state index is 6.36. The summed E-state index contributed by atoms with van der Waals surface area (Å²) in [6, 6.07) is 8.62. The molecule has 1 aromatic carbocycles. The molecule has 0 saturated carbocycles. The van der Waals surface area contributed by atoms with Crippen LogP contribution in [-0.2, 0) is 20.0 Å². The number of hydrogen-bond donors (Lipinski definition) is 0. The zero-order valence-corrected chi connectivity index (χ0v) is 12.8. The van der Waals surface area contributed by atoms with E-state index >= 15 is 0 Å². The van der Waals surface area contributed by atoms with Crippen LogP contribution in [0.25, 0.3) is 10.9 Å². The fourth-order valence-electron chi connectivity index (χ4n) is 2.77. The number of fused-ring (bicyclic) bond motifs is 1. The minimum absolute atomic E-state index is 0.747. The van der Waals surface area contributed by atoms with Gasteiger partial charge < -0.3 is 4.57 Å². The first kappa shape index (κ1) is 13.3. The molecule has 0 bridgehead atoms. The van der Waals surface area contributed by atoms with Gasteiger partial charge in [0.1, 0.15) is 0 Å². The number of aromatic nitrogens is 3. The molecular formula is C16H18ClN3. The smallest absolute Gasteiger partial charge is 0.0865 e. The van der Waals surface area contributed by atoms with Gasteiger partial charge in [-0.15, -0.1) is 0 Å². The topological polar surface area (TPSA) is 22.8 Å². The predicted molar refractivity (Wildman–Crippen MR) is 83.4 cm³/mol. The second kappa shape index (κ2) is 4.98. The second-order valence-electron chi connectivity index (χ2n) is 5.12. The first-order valence-electron chi connectivity index (χ1n) is 6.86. The SMILES string of the molecule is CCc1cccc2ccn(Cc3c(Cl)c(C)nn3C)c12. The van der Waals surface area contributed by atoms with Crippen molar-refractivity contribution >= 4 is 22.5 Å². The largest absolute Gasteiger partial charge is 0.341 e. The third kappa shape index (κ3) is 2.02. The van der Waals surface area contributed by atoms with Crippen LogP contribution in [0.5, 0.6) is 0 Å². The van der Waals surface area contributed by atoms with Crippen molar-refractivity contribution in [1.82, 2.24) is 14.3 Å². The Kier molecular flexibility index (Phi) is 3.30. The lowest BCUT2D eigenvalue weighted by atomic mass is 10.1. The van der Waals surface area contributed by atoms with Crippen molar-refractivity contribution in [1.29, 1.82) is 0 Å². The van der Waals surface area contributed by atoms with Crippen molar-refractivity contribution in [3.63, 3.8) is 0 Å². The summed E-state index contributed by atoms with van der Waals surface area (Å²) in [4.78, 5) is 0. The third-order valence-electron chi connectivity index (χ3n) is 3.83. The normalized spacial score (nSPS) is 11.4. The highest BCUT2D eigenvalue weighted by atomic mass is 35.5. The molecule has 0 spiro atoms. The Bertz CT molecular complexity index is 767. The molecule has 0 aliphatic rings. The molecule has 0 amide bonds. The van der Waals surface area contributed by atoms with E-state index in [1.807, 2.05) is 18.7 Å². The second-order valence-corrected chi connectivity index (χ2v) is 5.50. The number of halogens is 1. The van der Waals surface area contributed by atoms with E-state index in [0.717, 1.165) is 29.4 Å². The van der Waals surface area contributed by atoms with Crippen LogP contribution in [0.1, 0.15) is 23.9 Å². The van der Waals surface area contributed by atoms with Gasteiger partial charge >= 0.3 is 0 Å². The Labute approximate surface area is 123 Å². The Hall–Kier alpha value is -1.74. The lowest BCUT2D eigenvalue weighted by Gasteiger charge is -2.09. The van der Waals surface area contributed by atoms with Gasteiger partial charge in [0, 0.05) is 13.2 Å². The Morgan fingerprint density at radius 2 is 2.05 bits per heavy atom. The molecule has 3 rings (SSSR count). The summed E-state index contributed by atoms with van der Waals surface area (Å²) in [5.41, 5.74) is 4.59. The van der Waals surface area contributed by atoms with Crippen molar-refractivity contribution in [2.24, 2.45) is 7.05 Å². The van der Waals surface area contributed by atoms with Crippen LogP contribution in [0.15, 0.2) is 30.5 Å². The van der Waals surface area contributed by atoms with Crippen LogP contribution < -0.4 is 0 Å². The van der Waals surface area contributed by atoms with Crippen LogP contribution in [0.2, 0.25) is 5.02 Å². The van der Waals surface area contributed by atoms with Crippen LogP contribution in [0.3, 0.4) is 0 Å². The van der Waals surface area contributed by atoms with Gasteiger partial charge in [-0.2, -0.15) is 5.10 Å². The van der Waals surface area contributed by atoms with E-state index in [9.17, 15) is 0 Å². The number of para-hydroxylation sites is 1. The zero-order chi connectivity index (χ0) is 14.3. The van der Waals surface area contributed by atoms with E-state index in [2.05, 4.69) is 47.1 Å². The van der Waals surface area contributed by atoms with E-state index in [1.54, 1.807) is 0 Å². The first-order chi connectivity index (χ1) is 9.61. The van der Waals surface area contributed by atoms with Crippen LogP contribution in [-0.4, -0.2) is 14.3 Å². The van der Waals surface area contributed by atoms with Gasteiger partial charge in [0.2, 0.25) is 0 Å². The molecule has 0 N–H and O–H groups in total. The summed E-state index contributed by atoms with van der Waals surface area (Å²) >= 11 is 6.36. The average molecular weight is 288 g/mol. The highest BCUT2D eigenvalue weighted by Crippen LogP contribution is 2.25. The van der Waals surface area contributed by atoms with Crippen LogP contribution >= 0.6 is 11.6 Å². The number of nitrogens with zero attached hydrogens (tertiary/aromatic N) is 3. The van der Waals surface area contributed by atoms with Gasteiger partial charge in [-0.1, -0.05) is 36.7 Å². The van der Waals surface area contributed by atoms with Gasteiger partial charge in [-0.3, -0.25) is 4.68 Å². The summed E-state index contributed by atoms with van der Waals surface area (Å²) in [6.45, 7) is 4.88. The Morgan fingerprint density at radius 1 is 1.25 bits per heavy atom. The molecule has 2 aromatic heterocycles. The number of aryl methyl sites for hydroxylation is 3. The van der Waals surface area contributed by atoms with E-state index in [-0.39, 0.29) is 0 Å². The van der Waals surface area contributed by atoms with Crippen molar-refractivity contribution in [3.8, 4) is 0 Å². The standard InChI is InChI=1S/C16H18ClN3/c1-4-12-6-5-7-13-8-9-20(16(12)13)10-14-15(17)11(2)18-19(14)3/h5-9H,4,10H2,1-3H3. The van der Waals surface area contributed by atoms with E-state index in [0.29, 0.717) is 0 Å². The quantitative estimate of drug-likeness (QED) is 0.715. The van der Waals surface area contributed by atoms with Crippen molar-refractivity contribution in [2.45, 2.75) is 26.8 Å². The molecule has 4 heteroatoms. The van der Waals surface area contributed by atoms with Gasteiger partial charge in [-0.25, -0.2) is 0 Å². The predicted octanol–water partition coefficient (Wildman–Crippen LogP) is 3.95. The molecule has 0 aliphatic carbocycles. The molecule has 104 valence electrons. The minimum atomic E-state index is 0.747. The zero-order valence-electron chi connectivity index (χ0n) is 12.0. The fourth-order valence-corrected chi connectivity index (χ4v) is 2.99. The molecular weight excluding hydrogens is 270 g/mol. The molecule has 2 heterocycles. The van der Waals surface area contributed by atoms with Crippen LogP contribution in [0.4, 0.5) is 0 Å². The number of benzene rings is 1. The van der Waals surface area contributed by atoms with E-state index in [4.69, 9.17) is 11.6 Å². The highest BCUT2D eigenvalue weighted by molar-refractivity contribution is 6.31. The fraction of sp³-hybridized carbons (Fsp3) is 0.312. The minimum Gasteiger partial charge on any atom is -0.341 e. The molecule has 0 radical (unpaired) electrons. The first-order valence-corrected chi connectivity index (χ1v) is 7.24. The summed E-state index contributed by atoms with van der Waals surface area (Å²) in [6.07, 6.45) is 3.15. The highest BCUT2D eigenvalue weighted by Gasteiger charge is 2.13. The maximum Gasteiger partial charge on any atom is 0.0865 e. The summed E-state index contributed by atoms with van der Waals surface area (Å²) in [5, 5.41) is 6.43. The van der Waals surface area contributed by atoms with Gasteiger partial charge in [-0.05, 0) is 30.4 Å². The average Bonchev–Trinajstić information content (AvgIpc) is 2.96. The number of hydrogen-bond acceptors (Lipinski definition) is 1. The summed E-state index contributed by atoms with van der Waals surface area (Å²) in [5.74, 6) is 0. The van der Waals surface area contributed by atoms with E-state index in [1.165, 1.54) is 16.5 Å². The number of rotatable bonds is 3. The molecule has 0 unspecified atom stereocenters. The molecule has 20 heavy (non-hydrogen) atoms. The lowest BCUT2D eigenvalue weighted by Crippen LogP contribution is -2.06. The Balaban J connectivity index is 2.11. The van der Waals surface area contributed by atoms with Crippen LogP contribution in [0, 0.1) is 6.92 Å². The molecule has 3 nitrogen and oxygen atoms in total. The molecule has 0 saturated heterocycles. The van der Waals surface area contributed by atoms with Crippen molar-refractivity contribution < 1.29 is 0 Å². The van der Waals surface area contributed by atoms with E-state index < -0.39 is 0 Å². The van der Waals surface area contributed by atoms with Gasteiger partial charge in [0.15, 0.2) is 0 Å². The van der Waals surface area contributed by atoms with Crippen molar-refractivity contribution in [2.75, 3.05) is 0 Å². The van der Waals surface area contributed by atoms with Gasteiger partial charge in [0.25, 0.3) is 0 Å².